The lowest BCUT2D eigenvalue weighted by molar-refractivity contribution is 0.669. The second-order valence-electron chi connectivity index (χ2n) is 5.35. The number of hydrogen-bond acceptors (Lipinski definition) is 4. The zero-order valence-corrected chi connectivity index (χ0v) is 10.4. The SMILES string of the molecule is CN(CC1CC1)c1cncc(CNC2CC2)n1. The summed E-state index contributed by atoms with van der Waals surface area (Å²) in [4.78, 5) is 11.2. The molecular formula is C13H20N4. The van der Waals surface area contributed by atoms with Gasteiger partial charge in [0.1, 0.15) is 5.82 Å². The zero-order chi connectivity index (χ0) is 11.7. The van der Waals surface area contributed by atoms with Gasteiger partial charge in [0.05, 0.1) is 11.9 Å². The lowest BCUT2D eigenvalue weighted by Gasteiger charge is -2.17. The number of hydrogen-bond donors (Lipinski definition) is 1. The monoisotopic (exact) mass is 232 g/mol. The smallest absolute Gasteiger partial charge is 0.147 e. The van der Waals surface area contributed by atoms with Gasteiger partial charge in [0, 0.05) is 32.4 Å². The molecule has 0 bridgehead atoms. The van der Waals surface area contributed by atoms with E-state index in [0.717, 1.165) is 36.6 Å². The highest BCUT2D eigenvalue weighted by Gasteiger charge is 2.23. The van der Waals surface area contributed by atoms with E-state index in [-0.39, 0.29) is 0 Å². The molecule has 0 aliphatic heterocycles. The van der Waals surface area contributed by atoms with Gasteiger partial charge in [0.25, 0.3) is 0 Å². The van der Waals surface area contributed by atoms with Crippen LogP contribution in [0.4, 0.5) is 5.82 Å². The van der Waals surface area contributed by atoms with E-state index < -0.39 is 0 Å². The van der Waals surface area contributed by atoms with Gasteiger partial charge < -0.3 is 10.2 Å². The molecule has 1 heterocycles. The Morgan fingerprint density at radius 3 is 2.82 bits per heavy atom. The topological polar surface area (TPSA) is 41.1 Å². The van der Waals surface area contributed by atoms with E-state index in [0.29, 0.717) is 0 Å². The summed E-state index contributed by atoms with van der Waals surface area (Å²) in [6.45, 7) is 1.97. The molecule has 1 N–H and O–H groups in total. The third-order valence-corrected chi connectivity index (χ3v) is 3.44. The van der Waals surface area contributed by atoms with Crippen LogP contribution in [-0.4, -0.2) is 29.6 Å². The third kappa shape index (κ3) is 3.16. The van der Waals surface area contributed by atoms with E-state index in [9.17, 15) is 0 Å². The molecular weight excluding hydrogens is 212 g/mol. The predicted octanol–water partition coefficient (Wildman–Crippen LogP) is 1.57. The highest BCUT2D eigenvalue weighted by Crippen LogP contribution is 2.30. The summed E-state index contributed by atoms with van der Waals surface area (Å²) in [7, 11) is 2.11. The summed E-state index contributed by atoms with van der Waals surface area (Å²) in [5.41, 5.74) is 1.05. The largest absolute Gasteiger partial charge is 0.358 e. The van der Waals surface area contributed by atoms with Crippen LogP contribution in [0.5, 0.6) is 0 Å². The Morgan fingerprint density at radius 1 is 1.29 bits per heavy atom. The molecule has 0 saturated heterocycles. The molecule has 0 spiro atoms. The fraction of sp³-hybridized carbons (Fsp3) is 0.692. The highest BCUT2D eigenvalue weighted by molar-refractivity contribution is 5.35. The molecule has 4 heteroatoms. The van der Waals surface area contributed by atoms with Gasteiger partial charge in [-0.25, -0.2) is 4.98 Å². The Hall–Kier alpha value is -1.16. The van der Waals surface area contributed by atoms with Crippen molar-refractivity contribution in [1.82, 2.24) is 15.3 Å². The minimum atomic E-state index is 0.727. The van der Waals surface area contributed by atoms with Gasteiger partial charge in [-0.2, -0.15) is 0 Å². The van der Waals surface area contributed by atoms with E-state index in [2.05, 4.69) is 27.2 Å². The molecule has 2 aliphatic rings. The van der Waals surface area contributed by atoms with E-state index >= 15 is 0 Å². The number of anilines is 1. The Kier molecular flexibility index (Phi) is 2.97. The van der Waals surface area contributed by atoms with Crippen molar-refractivity contribution in [3.05, 3.63) is 18.1 Å². The van der Waals surface area contributed by atoms with Crippen LogP contribution in [0.3, 0.4) is 0 Å². The average Bonchev–Trinajstić information content (AvgIpc) is 3.21. The van der Waals surface area contributed by atoms with Gasteiger partial charge in [-0.1, -0.05) is 0 Å². The molecule has 4 nitrogen and oxygen atoms in total. The highest BCUT2D eigenvalue weighted by atomic mass is 15.2. The molecule has 3 rings (SSSR count). The number of nitrogens with one attached hydrogen (secondary N) is 1. The minimum absolute atomic E-state index is 0.727. The van der Waals surface area contributed by atoms with E-state index in [1.54, 1.807) is 0 Å². The second-order valence-corrected chi connectivity index (χ2v) is 5.35. The van der Waals surface area contributed by atoms with Gasteiger partial charge >= 0.3 is 0 Å². The summed E-state index contributed by atoms with van der Waals surface area (Å²) in [6.07, 6.45) is 9.11. The maximum Gasteiger partial charge on any atom is 0.147 e. The molecule has 0 atom stereocenters. The Bertz CT molecular complexity index is 385. The molecule has 17 heavy (non-hydrogen) atoms. The summed E-state index contributed by atoms with van der Waals surface area (Å²) in [5, 5.41) is 3.47. The van der Waals surface area contributed by atoms with Crippen LogP contribution in [0, 0.1) is 5.92 Å². The lowest BCUT2D eigenvalue weighted by atomic mass is 10.4. The van der Waals surface area contributed by atoms with Crippen LogP contribution < -0.4 is 10.2 Å². The van der Waals surface area contributed by atoms with Crippen molar-refractivity contribution in [2.45, 2.75) is 38.3 Å². The van der Waals surface area contributed by atoms with Gasteiger partial charge in [0.15, 0.2) is 0 Å². The van der Waals surface area contributed by atoms with Crippen molar-refractivity contribution in [3.63, 3.8) is 0 Å². The first-order valence-electron chi connectivity index (χ1n) is 6.57. The molecule has 0 amide bonds. The molecule has 1 aromatic rings. The van der Waals surface area contributed by atoms with Crippen LogP contribution in [0.2, 0.25) is 0 Å². The summed E-state index contributed by atoms with van der Waals surface area (Å²) in [5.74, 6) is 1.89. The molecule has 2 aliphatic carbocycles. The van der Waals surface area contributed by atoms with Crippen LogP contribution >= 0.6 is 0 Å². The molecule has 92 valence electrons. The van der Waals surface area contributed by atoms with E-state index in [4.69, 9.17) is 0 Å². The van der Waals surface area contributed by atoms with Gasteiger partial charge in [-0.3, -0.25) is 4.98 Å². The molecule has 0 radical (unpaired) electrons. The fourth-order valence-corrected chi connectivity index (χ4v) is 1.98. The zero-order valence-electron chi connectivity index (χ0n) is 10.4. The first kappa shape index (κ1) is 11.0. The van der Waals surface area contributed by atoms with Crippen LogP contribution in [0.1, 0.15) is 31.4 Å². The van der Waals surface area contributed by atoms with E-state index in [1.807, 2.05) is 12.4 Å². The van der Waals surface area contributed by atoms with Crippen molar-refractivity contribution < 1.29 is 0 Å². The fourth-order valence-electron chi connectivity index (χ4n) is 1.98. The van der Waals surface area contributed by atoms with Crippen molar-refractivity contribution in [1.29, 1.82) is 0 Å². The average molecular weight is 232 g/mol. The van der Waals surface area contributed by atoms with Crippen molar-refractivity contribution in [2.75, 3.05) is 18.5 Å². The Labute approximate surface area is 102 Å². The first-order valence-corrected chi connectivity index (χ1v) is 6.57. The predicted molar refractivity (Wildman–Crippen MR) is 67.9 cm³/mol. The third-order valence-electron chi connectivity index (χ3n) is 3.44. The molecule has 0 aromatic carbocycles. The normalized spacial score (nSPS) is 19.4. The molecule has 2 fully saturated rings. The molecule has 0 unspecified atom stereocenters. The van der Waals surface area contributed by atoms with Crippen LogP contribution in [0.15, 0.2) is 12.4 Å². The second kappa shape index (κ2) is 4.61. The van der Waals surface area contributed by atoms with Gasteiger partial charge in [-0.05, 0) is 31.6 Å². The molecule has 1 aromatic heterocycles. The van der Waals surface area contributed by atoms with Crippen LogP contribution in [0.25, 0.3) is 0 Å². The number of rotatable bonds is 6. The maximum absolute atomic E-state index is 4.65. The lowest BCUT2D eigenvalue weighted by Crippen LogP contribution is -2.23. The maximum atomic E-state index is 4.65. The van der Waals surface area contributed by atoms with Crippen molar-refractivity contribution in [2.24, 2.45) is 5.92 Å². The van der Waals surface area contributed by atoms with Crippen molar-refractivity contribution >= 4 is 5.82 Å². The first-order chi connectivity index (χ1) is 8.31. The Morgan fingerprint density at radius 2 is 2.12 bits per heavy atom. The van der Waals surface area contributed by atoms with Gasteiger partial charge in [0.2, 0.25) is 0 Å². The van der Waals surface area contributed by atoms with E-state index in [1.165, 1.54) is 25.7 Å². The standard InChI is InChI=1S/C13H20N4/c1-17(9-10-2-3-10)13-8-14-6-12(16-13)7-15-11-4-5-11/h6,8,10-11,15H,2-5,7,9H2,1H3. The number of nitrogens with zero attached hydrogens (tertiary/aromatic N) is 3. The number of aromatic nitrogens is 2. The molecule has 2 saturated carbocycles. The van der Waals surface area contributed by atoms with Crippen molar-refractivity contribution in [3.8, 4) is 0 Å². The summed E-state index contributed by atoms with van der Waals surface area (Å²) in [6, 6.07) is 0.727. The summed E-state index contributed by atoms with van der Waals surface area (Å²) < 4.78 is 0. The summed E-state index contributed by atoms with van der Waals surface area (Å²) >= 11 is 0. The van der Waals surface area contributed by atoms with Crippen LogP contribution in [-0.2, 0) is 6.54 Å². The quantitative estimate of drug-likeness (QED) is 0.808. The van der Waals surface area contributed by atoms with Gasteiger partial charge in [-0.15, -0.1) is 0 Å². The minimum Gasteiger partial charge on any atom is -0.358 e. The Balaban J connectivity index is 1.59.